The number of hydrogen-bond donors (Lipinski definition) is 1. The number of carbonyl (C=O) groups excluding carboxylic acids is 1. The van der Waals surface area contributed by atoms with Gasteiger partial charge in [-0.05, 0) is 61.7 Å². The van der Waals surface area contributed by atoms with Gasteiger partial charge in [0.15, 0.2) is 0 Å². The maximum Gasteiger partial charge on any atom is 0.243 e. The number of rotatable bonds is 6. The number of sulfonamides is 2. The summed E-state index contributed by atoms with van der Waals surface area (Å²) in [6.07, 6.45) is 1.11. The van der Waals surface area contributed by atoms with Crippen molar-refractivity contribution < 1.29 is 21.6 Å². The highest BCUT2D eigenvalue weighted by molar-refractivity contribution is 9.10. The van der Waals surface area contributed by atoms with Crippen molar-refractivity contribution >= 4 is 47.6 Å². The molecule has 174 valence electrons. The Kier molecular flexibility index (Phi) is 7.45. The highest BCUT2D eigenvalue weighted by Crippen LogP contribution is 2.27. The van der Waals surface area contributed by atoms with Gasteiger partial charge in [-0.1, -0.05) is 22.0 Å². The fourth-order valence-electron chi connectivity index (χ4n) is 3.47. The zero-order valence-electron chi connectivity index (χ0n) is 18.1. The second kappa shape index (κ2) is 9.60. The highest BCUT2D eigenvalue weighted by atomic mass is 79.9. The molecule has 8 nitrogen and oxygen atoms in total. The van der Waals surface area contributed by atoms with Crippen molar-refractivity contribution in [2.24, 2.45) is 5.92 Å². The molecule has 0 saturated carbocycles. The third-order valence-electron chi connectivity index (χ3n) is 5.45. The molecule has 0 spiro atoms. The summed E-state index contributed by atoms with van der Waals surface area (Å²) >= 11 is 3.30. The number of anilines is 1. The van der Waals surface area contributed by atoms with Crippen molar-refractivity contribution in [3.8, 4) is 0 Å². The molecule has 0 aromatic heterocycles. The number of carbonyl (C=O) groups is 1. The molecule has 1 fully saturated rings. The van der Waals surface area contributed by atoms with E-state index in [1.165, 1.54) is 42.7 Å². The average Bonchev–Trinajstić information content (AvgIpc) is 2.75. The van der Waals surface area contributed by atoms with E-state index in [4.69, 9.17) is 0 Å². The summed E-state index contributed by atoms with van der Waals surface area (Å²) in [4.78, 5) is 13.2. The topological polar surface area (TPSA) is 104 Å². The van der Waals surface area contributed by atoms with Crippen LogP contribution >= 0.6 is 15.9 Å². The zero-order valence-corrected chi connectivity index (χ0v) is 21.3. The molecule has 0 radical (unpaired) electrons. The summed E-state index contributed by atoms with van der Waals surface area (Å²) in [7, 11) is -4.48. The van der Waals surface area contributed by atoms with E-state index in [0.29, 0.717) is 30.6 Å². The van der Waals surface area contributed by atoms with E-state index in [0.717, 1.165) is 8.78 Å². The molecule has 0 bridgehead atoms. The molecule has 32 heavy (non-hydrogen) atoms. The summed E-state index contributed by atoms with van der Waals surface area (Å²) in [6.45, 7) is 2.18. The predicted octanol–water partition coefficient (Wildman–Crippen LogP) is 3.05. The van der Waals surface area contributed by atoms with Crippen LogP contribution in [0.1, 0.15) is 18.4 Å². The van der Waals surface area contributed by atoms with Gasteiger partial charge in [0.2, 0.25) is 26.0 Å². The first-order valence-corrected chi connectivity index (χ1v) is 13.7. The average molecular weight is 544 g/mol. The molecule has 11 heteroatoms. The molecule has 1 heterocycles. The van der Waals surface area contributed by atoms with E-state index < -0.39 is 26.0 Å². The molecular formula is C21H26BrN3O5S2. The molecule has 3 rings (SSSR count). The zero-order chi connectivity index (χ0) is 23.7. The Morgan fingerprint density at radius 2 is 1.69 bits per heavy atom. The molecule has 0 unspecified atom stereocenters. The third-order valence-corrected chi connectivity index (χ3v) is 9.67. The highest BCUT2D eigenvalue weighted by Gasteiger charge is 2.33. The van der Waals surface area contributed by atoms with Gasteiger partial charge in [0.1, 0.15) is 0 Å². The molecule has 1 amide bonds. The normalized spacial score (nSPS) is 18.0. The van der Waals surface area contributed by atoms with E-state index in [1.54, 1.807) is 25.1 Å². The summed E-state index contributed by atoms with van der Waals surface area (Å²) in [5.41, 5.74) is 1.11. The minimum Gasteiger partial charge on any atom is -0.326 e. The number of nitrogens with zero attached hydrogens (tertiary/aromatic N) is 2. The van der Waals surface area contributed by atoms with Crippen molar-refractivity contribution in [1.29, 1.82) is 0 Å². The Morgan fingerprint density at radius 3 is 2.31 bits per heavy atom. The quantitative estimate of drug-likeness (QED) is 0.602. The van der Waals surface area contributed by atoms with Crippen molar-refractivity contribution in [1.82, 2.24) is 8.61 Å². The number of amides is 1. The summed E-state index contributed by atoms with van der Waals surface area (Å²) in [6, 6.07) is 11.0. The van der Waals surface area contributed by atoms with Crippen LogP contribution in [0.3, 0.4) is 0 Å². The maximum atomic E-state index is 13.0. The number of piperidine rings is 1. The van der Waals surface area contributed by atoms with Crippen molar-refractivity contribution in [3.63, 3.8) is 0 Å². The fourth-order valence-corrected chi connectivity index (χ4v) is 6.19. The van der Waals surface area contributed by atoms with Crippen LogP contribution in [-0.2, 0) is 24.8 Å². The standard InChI is InChI=1S/C21H26BrN3O5S2/c1-15-6-9-19(31(27,28)24(2)3)13-20(15)23-21(26)16-5-4-12-25(14-16)32(29,30)18-10-7-17(22)8-11-18/h6-11,13,16H,4-5,12,14H2,1-3H3,(H,23,26)/t16-/m0/s1. The molecule has 1 N–H and O–H groups in total. The first-order chi connectivity index (χ1) is 14.9. The lowest BCUT2D eigenvalue weighted by molar-refractivity contribution is -0.120. The minimum atomic E-state index is -3.71. The number of nitrogens with one attached hydrogen (secondary N) is 1. The first-order valence-electron chi connectivity index (χ1n) is 10.0. The van der Waals surface area contributed by atoms with Crippen LogP contribution in [0.2, 0.25) is 0 Å². The second-order valence-electron chi connectivity index (χ2n) is 7.91. The van der Waals surface area contributed by atoms with Crippen LogP contribution in [0.15, 0.2) is 56.7 Å². The molecule has 1 atom stereocenters. The third kappa shape index (κ3) is 5.23. The van der Waals surface area contributed by atoms with Gasteiger partial charge in [-0.3, -0.25) is 4.79 Å². The van der Waals surface area contributed by atoms with E-state index >= 15 is 0 Å². The second-order valence-corrected chi connectivity index (χ2v) is 12.9. The molecule has 0 aliphatic carbocycles. The van der Waals surface area contributed by atoms with Gasteiger partial charge in [-0.25, -0.2) is 21.1 Å². The van der Waals surface area contributed by atoms with Crippen LogP contribution in [0.5, 0.6) is 0 Å². The molecule has 2 aromatic rings. The number of hydrogen-bond acceptors (Lipinski definition) is 5. The minimum absolute atomic E-state index is 0.0684. The largest absolute Gasteiger partial charge is 0.326 e. The number of halogens is 1. The van der Waals surface area contributed by atoms with Crippen LogP contribution in [-0.4, -0.2) is 58.5 Å². The van der Waals surface area contributed by atoms with E-state index in [9.17, 15) is 21.6 Å². The van der Waals surface area contributed by atoms with Crippen molar-refractivity contribution in [3.05, 3.63) is 52.5 Å². The van der Waals surface area contributed by atoms with Gasteiger partial charge < -0.3 is 5.32 Å². The number of benzene rings is 2. The van der Waals surface area contributed by atoms with Gasteiger partial charge in [0, 0.05) is 37.3 Å². The van der Waals surface area contributed by atoms with Crippen molar-refractivity contribution in [2.45, 2.75) is 29.6 Å². The van der Waals surface area contributed by atoms with Crippen LogP contribution < -0.4 is 5.32 Å². The Morgan fingerprint density at radius 1 is 1.06 bits per heavy atom. The summed E-state index contributed by atoms with van der Waals surface area (Å²) in [5, 5.41) is 2.80. The van der Waals surface area contributed by atoms with Gasteiger partial charge in [0.25, 0.3) is 0 Å². The lowest BCUT2D eigenvalue weighted by Gasteiger charge is -2.31. The molecule has 1 aliphatic heterocycles. The van der Waals surface area contributed by atoms with Crippen LogP contribution in [0.25, 0.3) is 0 Å². The Bertz CT molecular complexity index is 1210. The number of aryl methyl sites for hydroxylation is 1. The Hall–Kier alpha value is -1.79. The fraction of sp³-hybridized carbons (Fsp3) is 0.381. The monoisotopic (exact) mass is 543 g/mol. The molecule has 2 aromatic carbocycles. The van der Waals surface area contributed by atoms with Gasteiger partial charge >= 0.3 is 0 Å². The molecule has 1 saturated heterocycles. The Labute approximate surface area is 197 Å². The van der Waals surface area contributed by atoms with Gasteiger partial charge in [0.05, 0.1) is 15.7 Å². The van der Waals surface area contributed by atoms with Gasteiger partial charge in [-0.2, -0.15) is 4.31 Å². The first kappa shape index (κ1) is 24.8. The summed E-state index contributed by atoms with van der Waals surface area (Å²) < 4.78 is 54.1. The lowest BCUT2D eigenvalue weighted by atomic mass is 9.98. The summed E-state index contributed by atoms with van der Waals surface area (Å²) in [5.74, 6) is -0.870. The SMILES string of the molecule is Cc1ccc(S(=O)(=O)N(C)C)cc1NC(=O)[C@H]1CCCN(S(=O)(=O)c2ccc(Br)cc2)C1. The van der Waals surface area contributed by atoms with Crippen molar-refractivity contribution in [2.75, 3.05) is 32.5 Å². The van der Waals surface area contributed by atoms with Crippen LogP contribution in [0, 0.1) is 12.8 Å². The van der Waals surface area contributed by atoms with Gasteiger partial charge in [-0.15, -0.1) is 0 Å². The van der Waals surface area contributed by atoms with E-state index in [1.807, 2.05) is 0 Å². The predicted molar refractivity (Wildman–Crippen MR) is 126 cm³/mol. The lowest BCUT2D eigenvalue weighted by Crippen LogP contribution is -2.43. The van der Waals surface area contributed by atoms with E-state index in [-0.39, 0.29) is 22.2 Å². The maximum absolute atomic E-state index is 13.0. The molecule has 1 aliphatic rings. The van der Waals surface area contributed by atoms with Crippen LogP contribution in [0.4, 0.5) is 5.69 Å². The molecular weight excluding hydrogens is 518 g/mol. The smallest absolute Gasteiger partial charge is 0.243 e. The van der Waals surface area contributed by atoms with E-state index in [2.05, 4.69) is 21.2 Å². The Balaban J connectivity index is 1.78.